The Balaban J connectivity index is 2.49. The van der Waals surface area contributed by atoms with Gasteiger partial charge in [0.1, 0.15) is 0 Å². The molecule has 0 aliphatic heterocycles. The second-order valence-corrected chi connectivity index (χ2v) is 3.86. The third-order valence-electron chi connectivity index (χ3n) is 2.50. The molecule has 2 heteroatoms. The lowest BCUT2D eigenvalue weighted by Crippen LogP contribution is -1.96. The Kier molecular flexibility index (Phi) is 1.76. The van der Waals surface area contributed by atoms with Gasteiger partial charge in [-0.3, -0.25) is 0 Å². The molecule has 1 saturated carbocycles. The summed E-state index contributed by atoms with van der Waals surface area (Å²) < 4.78 is 0. The molecule has 1 aliphatic rings. The van der Waals surface area contributed by atoms with Gasteiger partial charge < -0.3 is 5.73 Å². The minimum absolute atomic E-state index is 0.709. The lowest BCUT2D eigenvalue weighted by Gasteiger charge is -2.08. The van der Waals surface area contributed by atoms with Crippen LogP contribution in [0, 0.1) is 6.92 Å². The van der Waals surface area contributed by atoms with Crippen molar-refractivity contribution in [2.75, 3.05) is 5.73 Å². The average molecular weight is 182 g/mol. The molecular weight excluding hydrogens is 170 g/mol. The minimum atomic E-state index is 0.709. The first-order valence-electron chi connectivity index (χ1n) is 4.24. The lowest BCUT2D eigenvalue weighted by molar-refractivity contribution is 1.13. The third-order valence-corrected chi connectivity index (χ3v) is 2.91. The summed E-state index contributed by atoms with van der Waals surface area (Å²) in [7, 11) is 0. The molecule has 1 fully saturated rings. The predicted molar refractivity (Wildman–Crippen MR) is 52.6 cm³/mol. The summed E-state index contributed by atoms with van der Waals surface area (Å²) in [5, 5.41) is 0.775. The van der Waals surface area contributed by atoms with E-state index in [1.807, 2.05) is 13.0 Å². The van der Waals surface area contributed by atoms with Crippen molar-refractivity contribution in [1.29, 1.82) is 0 Å². The minimum Gasteiger partial charge on any atom is -0.398 e. The van der Waals surface area contributed by atoms with E-state index in [1.54, 1.807) is 0 Å². The van der Waals surface area contributed by atoms with E-state index in [9.17, 15) is 0 Å². The van der Waals surface area contributed by atoms with Crippen molar-refractivity contribution < 1.29 is 0 Å². The fraction of sp³-hybridized carbons (Fsp3) is 0.400. The molecule has 64 valence electrons. The normalized spacial score (nSPS) is 16.5. The first kappa shape index (κ1) is 7.93. The van der Waals surface area contributed by atoms with Crippen LogP contribution in [-0.2, 0) is 0 Å². The molecule has 2 N–H and O–H groups in total. The van der Waals surface area contributed by atoms with E-state index < -0.39 is 0 Å². The van der Waals surface area contributed by atoms with Crippen LogP contribution in [0.4, 0.5) is 5.69 Å². The van der Waals surface area contributed by atoms with Crippen molar-refractivity contribution in [2.24, 2.45) is 0 Å². The standard InChI is InChI=1S/C10H12ClN/c1-6-9(11)5-4-8(10(6)12)7-2-3-7/h4-5,7H,2-3,12H2,1H3. The van der Waals surface area contributed by atoms with Crippen molar-refractivity contribution in [1.82, 2.24) is 0 Å². The molecule has 1 aromatic carbocycles. The number of anilines is 1. The highest BCUT2D eigenvalue weighted by atomic mass is 35.5. The molecule has 1 aromatic rings. The molecule has 0 unspecified atom stereocenters. The maximum absolute atomic E-state index is 5.94. The number of hydrogen-bond acceptors (Lipinski definition) is 1. The van der Waals surface area contributed by atoms with Gasteiger partial charge >= 0.3 is 0 Å². The summed E-state index contributed by atoms with van der Waals surface area (Å²) >= 11 is 5.93. The molecule has 0 heterocycles. The molecule has 0 bridgehead atoms. The van der Waals surface area contributed by atoms with Crippen LogP contribution in [0.1, 0.15) is 29.9 Å². The number of nitrogens with two attached hydrogens (primary N) is 1. The summed E-state index contributed by atoms with van der Waals surface area (Å²) in [6.07, 6.45) is 2.57. The first-order valence-corrected chi connectivity index (χ1v) is 4.62. The van der Waals surface area contributed by atoms with Gasteiger partial charge in [0.25, 0.3) is 0 Å². The SMILES string of the molecule is Cc1c(Cl)ccc(C2CC2)c1N. The zero-order valence-electron chi connectivity index (χ0n) is 7.10. The van der Waals surface area contributed by atoms with Crippen LogP contribution in [0.2, 0.25) is 5.02 Å². The van der Waals surface area contributed by atoms with Crippen LogP contribution in [0.5, 0.6) is 0 Å². The zero-order chi connectivity index (χ0) is 8.72. The zero-order valence-corrected chi connectivity index (χ0v) is 7.86. The number of hydrogen-bond donors (Lipinski definition) is 1. The van der Waals surface area contributed by atoms with Gasteiger partial charge in [0.15, 0.2) is 0 Å². The van der Waals surface area contributed by atoms with Crippen molar-refractivity contribution in [3.8, 4) is 0 Å². The molecule has 12 heavy (non-hydrogen) atoms. The second-order valence-electron chi connectivity index (χ2n) is 3.45. The molecule has 1 aliphatic carbocycles. The van der Waals surface area contributed by atoms with Gasteiger partial charge in [-0.05, 0) is 42.9 Å². The Morgan fingerprint density at radius 1 is 1.42 bits per heavy atom. The smallest absolute Gasteiger partial charge is 0.0455 e. The van der Waals surface area contributed by atoms with Gasteiger partial charge in [-0.15, -0.1) is 0 Å². The molecule has 0 aromatic heterocycles. The topological polar surface area (TPSA) is 26.0 Å². The third kappa shape index (κ3) is 1.18. The fourth-order valence-corrected chi connectivity index (χ4v) is 1.64. The largest absolute Gasteiger partial charge is 0.398 e. The van der Waals surface area contributed by atoms with Gasteiger partial charge in [-0.1, -0.05) is 17.7 Å². The summed E-state index contributed by atoms with van der Waals surface area (Å²) in [6, 6.07) is 4.00. The highest BCUT2D eigenvalue weighted by Gasteiger charge is 2.26. The molecular formula is C10H12ClN. The Morgan fingerprint density at radius 3 is 2.67 bits per heavy atom. The summed E-state index contributed by atoms with van der Waals surface area (Å²) in [4.78, 5) is 0. The maximum Gasteiger partial charge on any atom is 0.0455 e. The van der Waals surface area contributed by atoms with E-state index in [4.69, 9.17) is 17.3 Å². The van der Waals surface area contributed by atoms with Crippen LogP contribution >= 0.6 is 11.6 Å². The van der Waals surface area contributed by atoms with Gasteiger partial charge in [-0.2, -0.15) is 0 Å². The Morgan fingerprint density at radius 2 is 2.08 bits per heavy atom. The molecule has 2 rings (SSSR count). The van der Waals surface area contributed by atoms with E-state index in [1.165, 1.54) is 18.4 Å². The van der Waals surface area contributed by atoms with E-state index >= 15 is 0 Å². The van der Waals surface area contributed by atoms with E-state index in [0.29, 0.717) is 5.92 Å². The van der Waals surface area contributed by atoms with Crippen molar-refractivity contribution in [2.45, 2.75) is 25.7 Å². The van der Waals surface area contributed by atoms with E-state index in [0.717, 1.165) is 16.3 Å². The van der Waals surface area contributed by atoms with Crippen molar-refractivity contribution in [3.05, 3.63) is 28.3 Å². The van der Waals surface area contributed by atoms with E-state index in [2.05, 4.69) is 6.07 Å². The number of rotatable bonds is 1. The van der Waals surface area contributed by atoms with Crippen LogP contribution in [0.25, 0.3) is 0 Å². The molecule has 0 radical (unpaired) electrons. The summed E-state index contributed by atoms with van der Waals surface area (Å²) in [5.41, 5.74) is 9.15. The van der Waals surface area contributed by atoms with E-state index in [-0.39, 0.29) is 0 Å². The first-order chi connectivity index (χ1) is 5.70. The highest BCUT2D eigenvalue weighted by molar-refractivity contribution is 6.31. The Labute approximate surface area is 77.5 Å². The van der Waals surface area contributed by atoms with Crippen LogP contribution < -0.4 is 5.73 Å². The molecule has 0 saturated heterocycles. The second kappa shape index (κ2) is 2.67. The Hall–Kier alpha value is -0.690. The van der Waals surface area contributed by atoms with Crippen LogP contribution in [-0.4, -0.2) is 0 Å². The van der Waals surface area contributed by atoms with Crippen molar-refractivity contribution >= 4 is 17.3 Å². The quantitative estimate of drug-likeness (QED) is 0.662. The van der Waals surface area contributed by atoms with Crippen molar-refractivity contribution in [3.63, 3.8) is 0 Å². The predicted octanol–water partition coefficient (Wildman–Crippen LogP) is 3.11. The molecule has 1 nitrogen and oxygen atoms in total. The molecule has 0 atom stereocenters. The van der Waals surface area contributed by atoms with Gasteiger partial charge in [0.05, 0.1) is 0 Å². The maximum atomic E-state index is 5.94. The monoisotopic (exact) mass is 181 g/mol. The summed E-state index contributed by atoms with van der Waals surface area (Å²) in [5.74, 6) is 0.709. The summed E-state index contributed by atoms with van der Waals surface area (Å²) in [6.45, 7) is 1.98. The van der Waals surface area contributed by atoms with Gasteiger partial charge in [0, 0.05) is 10.7 Å². The molecule has 0 spiro atoms. The lowest BCUT2D eigenvalue weighted by atomic mass is 10.0. The highest BCUT2D eigenvalue weighted by Crippen LogP contribution is 2.44. The van der Waals surface area contributed by atoms with Gasteiger partial charge in [-0.25, -0.2) is 0 Å². The number of nitrogen functional groups attached to an aromatic ring is 1. The average Bonchev–Trinajstić information content (AvgIpc) is 2.84. The van der Waals surface area contributed by atoms with Crippen LogP contribution in [0.3, 0.4) is 0 Å². The number of halogens is 1. The fourth-order valence-electron chi connectivity index (χ4n) is 1.47. The molecule has 0 amide bonds. The Bertz CT molecular complexity index is 316. The van der Waals surface area contributed by atoms with Gasteiger partial charge in [0.2, 0.25) is 0 Å². The number of benzene rings is 1. The van der Waals surface area contributed by atoms with Crippen LogP contribution in [0.15, 0.2) is 12.1 Å².